The van der Waals surface area contributed by atoms with Gasteiger partial charge in [0.25, 0.3) is 0 Å². The molecule has 0 atom stereocenters. The van der Waals surface area contributed by atoms with E-state index in [9.17, 15) is 0 Å². The van der Waals surface area contributed by atoms with Crippen molar-refractivity contribution in [3.05, 3.63) is 0 Å². The van der Waals surface area contributed by atoms with Gasteiger partial charge in [-0.3, -0.25) is 0 Å². The first-order valence-electron chi connectivity index (χ1n) is 4.57. The SMILES string of the molecule is C[Si]1(C)C[Se]C[Si](C)(C)C[Te]C1. The van der Waals surface area contributed by atoms with E-state index in [2.05, 4.69) is 26.2 Å². The van der Waals surface area contributed by atoms with Crippen molar-refractivity contribution in [3.8, 4) is 0 Å². The Balaban J connectivity index is 2.45. The molecule has 0 aromatic heterocycles. The molecule has 1 aliphatic heterocycles. The summed E-state index contributed by atoms with van der Waals surface area (Å²) in [6.07, 6.45) is 0. The van der Waals surface area contributed by atoms with Crippen molar-refractivity contribution < 1.29 is 0 Å². The summed E-state index contributed by atoms with van der Waals surface area (Å²) in [5.41, 5.74) is 0. The topological polar surface area (TPSA) is 0 Å². The molecule has 1 fully saturated rings. The third-order valence-electron chi connectivity index (χ3n) is 1.97. The molecule has 4 heteroatoms. The van der Waals surface area contributed by atoms with Crippen LogP contribution < -0.4 is 0 Å². The third kappa shape index (κ3) is 4.30. The van der Waals surface area contributed by atoms with Crippen LogP contribution in [-0.2, 0) is 0 Å². The Morgan fingerprint density at radius 3 is 1.75 bits per heavy atom. The molecule has 0 bridgehead atoms. The molecule has 12 heavy (non-hydrogen) atoms. The maximum absolute atomic E-state index is 2.62. The van der Waals surface area contributed by atoms with Gasteiger partial charge >= 0.3 is 96.3 Å². The van der Waals surface area contributed by atoms with Crippen LogP contribution in [0.4, 0.5) is 0 Å². The first-order valence-corrected chi connectivity index (χ1v) is 17.1. The Hall–Kier alpha value is 1.74. The minimum atomic E-state index is -0.628. The van der Waals surface area contributed by atoms with Crippen molar-refractivity contribution in [3.63, 3.8) is 0 Å². The summed E-state index contributed by atoms with van der Waals surface area (Å²) in [5.74, 6) is 0. The Labute approximate surface area is 95.5 Å². The van der Waals surface area contributed by atoms with E-state index in [1.165, 1.54) is 0 Å². The van der Waals surface area contributed by atoms with Crippen LogP contribution in [0, 0.1) is 0 Å². The molecule has 0 aromatic rings. The number of hydrogen-bond acceptors (Lipinski definition) is 0. The second kappa shape index (κ2) is 4.51. The molecular weight excluding hydrogens is 359 g/mol. The Bertz CT molecular complexity index is 129. The Kier molecular flexibility index (Phi) is 4.44. The van der Waals surface area contributed by atoms with Gasteiger partial charge in [0.2, 0.25) is 0 Å². The molecule has 0 N–H and O–H groups in total. The van der Waals surface area contributed by atoms with E-state index in [1.807, 2.05) is 0 Å². The van der Waals surface area contributed by atoms with Gasteiger partial charge in [-0.05, 0) is 0 Å². The Morgan fingerprint density at radius 1 is 0.917 bits per heavy atom. The minimum absolute atomic E-state index is 0.453. The molecule has 1 aliphatic rings. The van der Waals surface area contributed by atoms with Gasteiger partial charge < -0.3 is 0 Å². The van der Waals surface area contributed by atoms with Crippen molar-refractivity contribution in [1.29, 1.82) is 0 Å². The molecule has 0 aliphatic carbocycles. The van der Waals surface area contributed by atoms with Crippen LogP contribution >= 0.6 is 0 Å². The van der Waals surface area contributed by atoms with Crippen LogP contribution in [-0.4, -0.2) is 52.0 Å². The predicted octanol–water partition coefficient (Wildman–Crippen LogP) is 2.66. The van der Waals surface area contributed by atoms with Gasteiger partial charge in [0.05, 0.1) is 0 Å². The van der Waals surface area contributed by atoms with Gasteiger partial charge in [-0.1, -0.05) is 0 Å². The summed E-state index contributed by atoms with van der Waals surface area (Å²) >= 11 is 1.49. The summed E-state index contributed by atoms with van der Waals surface area (Å²) in [6.45, 7) is 10.5. The molecular formula is C8H20SeSi2Te. The van der Waals surface area contributed by atoms with Gasteiger partial charge in [-0.15, -0.1) is 0 Å². The summed E-state index contributed by atoms with van der Waals surface area (Å²) in [5, 5.41) is 0. The summed E-state index contributed by atoms with van der Waals surface area (Å²) < 4.78 is 3.49. The first kappa shape index (κ1) is 11.8. The molecule has 72 valence electrons. The second-order valence-corrected chi connectivity index (χ2v) is 25.7. The normalized spacial score (nSPS) is 29.0. The monoisotopic (exact) mass is 382 g/mol. The average Bonchev–Trinajstić information content (AvgIpc) is 1.82. The van der Waals surface area contributed by atoms with E-state index >= 15 is 0 Å². The molecule has 0 amide bonds. The van der Waals surface area contributed by atoms with E-state index in [0.29, 0.717) is 20.9 Å². The van der Waals surface area contributed by atoms with Crippen LogP contribution in [0.15, 0.2) is 0 Å². The van der Waals surface area contributed by atoms with E-state index in [0.717, 1.165) is 15.0 Å². The van der Waals surface area contributed by atoms with Gasteiger partial charge in [0, 0.05) is 0 Å². The summed E-state index contributed by atoms with van der Waals surface area (Å²) in [7, 11) is -1.26. The van der Waals surface area contributed by atoms with E-state index in [-0.39, 0.29) is 0 Å². The quantitative estimate of drug-likeness (QED) is 0.568. The van der Waals surface area contributed by atoms with Crippen molar-refractivity contribution in [1.82, 2.24) is 0 Å². The number of hydrogen-bond donors (Lipinski definition) is 0. The number of rotatable bonds is 0. The van der Waals surface area contributed by atoms with Gasteiger partial charge in [-0.2, -0.15) is 0 Å². The summed E-state index contributed by atoms with van der Waals surface area (Å²) in [4.78, 5) is 3.39. The van der Waals surface area contributed by atoms with Crippen LogP contribution in [0.2, 0.25) is 44.3 Å². The van der Waals surface area contributed by atoms with Crippen molar-refractivity contribution >= 4 is 52.0 Å². The Morgan fingerprint density at radius 2 is 1.33 bits per heavy atom. The fraction of sp³-hybridized carbons (Fsp3) is 1.00. The molecule has 0 nitrogen and oxygen atoms in total. The summed E-state index contributed by atoms with van der Waals surface area (Å²) in [6, 6.07) is 0. The van der Waals surface area contributed by atoms with Gasteiger partial charge in [0.15, 0.2) is 0 Å². The average molecular weight is 379 g/mol. The van der Waals surface area contributed by atoms with Gasteiger partial charge in [0.1, 0.15) is 0 Å². The molecule has 0 spiro atoms. The van der Waals surface area contributed by atoms with Gasteiger partial charge in [-0.25, -0.2) is 0 Å². The molecule has 0 unspecified atom stereocenters. The zero-order valence-electron chi connectivity index (χ0n) is 8.64. The van der Waals surface area contributed by atoms with E-state index in [4.69, 9.17) is 0 Å². The maximum atomic E-state index is 2.62. The molecule has 0 aromatic carbocycles. The predicted molar refractivity (Wildman–Crippen MR) is 65.7 cm³/mol. The third-order valence-corrected chi connectivity index (χ3v) is 35.2. The standard InChI is InChI=1S/C8H20SeSi2Te/c1-10(2)5-9-6-11(3,4)8-12-7-10/h5-8H2,1-4H3. The van der Waals surface area contributed by atoms with Crippen LogP contribution in [0.25, 0.3) is 0 Å². The van der Waals surface area contributed by atoms with Crippen LogP contribution in [0.1, 0.15) is 0 Å². The molecule has 1 heterocycles. The van der Waals surface area contributed by atoms with Crippen LogP contribution in [0.3, 0.4) is 0 Å². The second-order valence-electron chi connectivity index (χ2n) is 5.31. The fourth-order valence-electron chi connectivity index (χ4n) is 1.29. The fourth-order valence-corrected chi connectivity index (χ4v) is 33.9. The molecule has 0 saturated carbocycles. The van der Waals surface area contributed by atoms with Crippen LogP contribution in [0.5, 0.6) is 0 Å². The van der Waals surface area contributed by atoms with Crippen molar-refractivity contribution in [2.75, 3.05) is 0 Å². The zero-order valence-corrected chi connectivity index (χ0v) is 14.7. The molecule has 0 radical (unpaired) electrons. The van der Waals surface area contributed by atoms with Crippen molar-refractivity contribution in [2.24, 2.45) is 0 Å². The van der Waals surface area contributed by atoms with E-state index in [1.54, 1.807) is 18.1 Å². The van der Waals surface area contributed by atoms with Crippen molar-refractivity contribution in [2.45, 2.75) is 44.3 Å². The zero-order chi connectivity index (χ0) is 9.24. The molecule has 1 rings (SSSR count). The first-order chi connectivity index (χ1) is 5.41. The van der Waals surface area contributed by atoms with E-state index < -0.39 is 16.1 Å². The molecule has 1 saturated heterocycles.